The van der Waals surface area contributed by atoms with Crippen molar-refractivity contribution in [3.8, 4) is 0 Å². The minimum Gasteiger partial charge on any atom is -0.267 e. The van der Waals surface area contributed by atoms with Gasteiger partial charge < -0.3 is 0 Å². The Balaban J connectivity index is 2.30. The first-order chi connectivity index (χ1) is 8.81. The van der Waals surface area contributed by atoms with Crippen LogP contribution in [0.4, 0.5) is 0 Å². The fourth-order valence-electron chi connectivity index (χ4n) is 1.19. The number of hydrogen-bond donors (Lipinski definition) is 1. The van der Waals surface area contributed by atoms with E-state index in [1.807, 2.05) is 4.72 Å². The van der Waals surface area contributed by atoms with Crippen molar-refractivity contribution >= 4 is 77.7 Å². The molecule has 10 heteroatoms. The van der Waals surface area contributed by atoms with Crippen molar-refractivity contribution in [1.82, 2.24) is 4.72 Å². The molecule has 0 saturated heterocycles. The zero-order valence-corrected chi connectivity index (χ0v) is 14.4. The average Bonchev–Trinajstić information content (AvgIpc) is 2.84. The van der Waals surface area contributed by atoms with Crippen molar-refractivity contribution in [3.05, 3.63) is 35.5 Å². The largest absolute Gasteiger partial charge is 0.276 e. The van der Waals surface area contributed by atoms with Gasteiger partial charge in [-0.05, 0) is 33.4 Å². The molecule has 0 radical (unpaired) electrons. The first-order valence-corrected chi connectivity index (χ1v) is 9.29. The Labute approximate surface area is 135 Å². The molecular formula is C9H4BrCl2NO3S3. The van der Waals surface area contributed by atoms with Gasteiger partial charge in [0.2, 0.25) is 0 Å². The summed E-state index contributed by atoms with van der Waals surface area (Å²) in [6, 6.07) is 2.86. The van der Waals surface area contributed by atoms with Crippen molar-refractivity contribution in [2.75, 3.05) is 0 Å². The summed E-state index contributed by atoms with van der Waals surface area (Å²) in [7, 11) is -4.03. The second-order valence-electron chi connectivity index (χ2n) is 3.22. The maximum atomic E-state index is 12.0. The molecule has 2 aromatic heterocycles. The predicted molar refractivity (Wildman–Crippen MR) is 81.0 cm³/mol. The van der Waals surface area contributed by atoms with Gasteiger partial charge >= 0.3 is 0 Å². The lowest BCUT2D eigenvalue weighted by molar-refractivity contribution is 0.0984. The molecular weight excluding hydrogens is 417 g/mol. The van der Waals surface area contributed by atoms with Gasteiger partial charge in [-0.25, -0.2) is 13.1 Å². The Morgan fingerprint density at radius 2 is 2.05 bits per heavy atom. The van der Waals surface area contributed by atoms with Crippen LogP contribution in [0, 0.1) is 0 Å². The van der Waals surface area contributed by atoms with E-state index in [1.165, 1.54) is 6.07 Å². The zero-order chi connectivity index (χ0) is 14.2. The Bertz CT molecular complexity index is 738. The van der Waals surface area contributed by atoms with E-state index in [0.29, 0.717) is 4.47 Å². The number of sulfonamides is 1. The molecule has 2 rings (SSSR count). The minimum absolute atomic E-state index is 0.00976. The van der Waals surface area contributed by atoms with Crippen LogP contribution in [0.5, 0.6) is 0 Å². The van der Waals surface area contributed by atoms with Gasteiger partial charge in [-0.15, -0.1) is 22.7 Å². The lowest BCUT2D eigenvalue weighted by Gasteiger charge is -2.04. The maximum Gasteiger partial charge on any atom is 0.276 e. The van der Waals surface area contributed by atoms with E-state index in [1.54, 1.807) is 11.4 Å². The topological polar surface area (TPSA) is 63.2 Å². The molecule has 0 aromatic carbocycles. The summed E-state index contributed by atoms with van der Waals surface area (Å²) in [5.74, 6) is -0.722. The van der Waals surface area contributed by atoms with Crippen LogP contribution < -0.4 is 4.72 Å². The molecule has 1 N–H and O–H groups in total. The van der Waals surface area contributed by atoms with Gasteiger partial charge in [0, 0.05) is 4.47 Å². The lowest BCUT2D eigenvalue weighted by atomic mass is 10.5. The molecule has 19 heavy (non-hydrogen) atoms. The van der Waals surface area contributed by atoms with Gasteiger partial charge in [0.05, 0.1) is 4.34 Å². The fraction of sp³-hybridized carbons (Fsp3) is 0. The number of rotatable bonds is 3. The molecule has 0 fully saturated rings. The lowest BCUT2D eigenvalue weighted by Crippen LogP contribution is -2.30. The summed E-state index contributed by atoms with van der Waals surface area (Å²) in [6.07, 6.45) is 0. The molecule has 0 spiro atoms. The monoisotopic (exact) mass is 419 g/mol. The third-order valence-corrected chi connectivity index (χ3v) is 6.89. The number of carbonyl (C=O) groups is 1. The minimum atomic E-state index is -4.03. The van der Waals surface area contributed by atoms with Crippen LogP contribution in [-0.2, 0) is 10.0 Å². The van der Waals surface area contributed by atoms with E-state index >= 15 is 0 Å². The molecule has 0 aliphatic rings. The van der Waals surface area contributed by atoms with E-state index in [4.69, 9.17) is 23.2 Å². The molecule has 0 bridgehead atoms. The highest BCUT2D eigenvalue weighted by atomic mass is 79.9. The molecule has 2 aromatic rings. The van der Waals surface area contributed by atoms with Crippen molar-refractivity contribution in [1.29, 1.82) is 0 Å². The molecule has 2 heterocycles. The molecule has 0 unspecified atom stereocenters. The Morgan fingerprint density at radius 3 is 2.53 bits per heavy atom. The van der Waals surface area contributed by atoms with Crippen molar-refractivity contribution in [2.24, 2.45) is 0 Å². The van der Waals surface area contributed by atoms with E-state index in [0.717, 1.165) is 22.7 Å². The number of nitrogens with one attached hydrogen (secondary N) is 1. The van der Waals surface area contributed by atoms with Crippen LogP contribution in [-0.4, -0.2) is 14.3 Å². The maximum absolute atomic E-state index is 12.0. The zero-order valence-electron chi connectivity index (χ0n) is 8.82. The third kappa shape index (κ3) is 3.32. The third-order valence-electron chi connectivity index (χ3n) is 1.97. The quantitative estimate of drug-likeness (QED) is 0.816. The number of amides is 1. The summed E-state index contributed by atoms with van der Waals surface area (Å²) in [5.41, 5.74) is 0. The van der Waals surface area contributed by atoms with Gasteiger partial charge in [0.25, 0.3) is 15.9 Å². The normalized spacial score (nSPS) is 11.5. The summed E-state index contributed by atoms with van der Waals surface area (Å²) in [5, 5.41) is 1.67. The van der Waals surface area contributed by atoms with Gasteiger partial charge in [-0.1, -0.05) is 23.2 Å². The van der Waals surface area contributed by atoms with Crippen molar-refractivity contribution in [2.45, 2.75) is 4.90 Å². The first-order valence-electron chi connectivity index (χ1n) is 4.56. The predicted octanol–water partition coefficient (Wildman–Crippen LogP) is 4.00. The summed E-state index contributed by atoms with van der Waals surface area (Å²) >= 11 is 16.7. The SMILES string of the molecule is O=C(NS(=O)(=O)c1cc(Cl)sc1Cl)c1sccc1Br. The molecule has 4 nitrogen and oxygen atoms in total. The van der Waals surface area contributed by atoms with E-state index in [-0.39, 0.29) is 18.4 Å². The molecule has 102 valence electrons. The van der Waals surface area contributed by atoms with Crippen LogP contribution >= 0.6 is 61.8 Å². The number of carbonyl (C=O) groups excluding carboxylic acids is 1. The van der Waals surface area contributed by atoms with Gasteiger partial charge in [0.15, 0.2) is 0 Å². The summed E-state index contributed by atoms with van der Waals surface area (Å²) in [6.45, 7) is 0. The highest BCUT2D eigenvalue weighted by molar-refractivity contribution is 9.10. The van der Waals surface area contributed by atoms with E-state index in [9.17, 15) is 13.2 Å². The Hall–Kier alpha value is -0.120. The first kappa shape index (κ1) is 15.3. The molecule has 0 aliphatic carbocycles. The van der Waals surface area contributed by atoms with E-state index in [2.05, 4.69) is 15.9 Å². The van der Waals surface area contributed by atoms with Crippen LogP contribution in [0.15, 0.2) is 26.9 Å². The fourth-order valence-corrected chi connectivity index (χ4v) is 5.81. The summed E-state index contributed by atoms with van der Waals surface area (Å²) in [4.78, 5) is 11.9. The van der Waals surface area contributed by atoms with Crippen LogP contribution in [0.2, 0.25) is 8.67 Å². The highest BCUT2D eigenvalue weighted by Crippen LogP contribution is 2.34. The van der Waals surface area contributed by atoms with Crippen molar-refractivity contribution in [3.63, 3.8) is 0 Å². The summed E-state index contributed by atoms with van der Waals surface area (Å²) < 4.78 is 26.7. The molecule has 0 saturated carbocycles. The van der Waals surface area contributed by atoms with Crippen molar-refractivity contribution < 1.29 is 13.2 Å². The average molecular weight is 421 g/mol. The van der Waals surface area contributed by atoms with E-state index < -0.39 is 15.9 Å². The molecule has 1 amide bonds. The number of halogens is 3. The Morgan fingerprint density at radius 1 is 1.37 bits per heavy atom. The standard InChI is InChI=1S/C9H4BrCl2NO3S3/c10-4-1-2-17-7(4)9(14)13-19(15,16)5-3-6(11)18-8(5)12/h1-3H,(H,13,14). The highest BCUT2D eigenvalue weighted by Gasteiger charge is 2.25. The van der Waals surface area contributed by atoms with Crippen LogP contribution in [0.1, 0.15) is 9.67 Å². The smallest absolute Gasteiger partial charge is 0.267 e. The van der Waals surface area contributed by atoms with Crippen LogP contribution in [0.25, 0.3) is 0 Å². The second-order valence-corrected chi connectivity index (χ2v) is 8.93. The number of thiophene rings is 2. The molecule has 0 atom stereocenters. The second kappa shape index (κ2) is 5.71. The Kier molecular flexibility index (Phi) is 4.59. The van der Waals surface area contributed by atoms with Gasteiger partial charge in [0.1, 0.15) is 14.1 Å². The van der Waals surface area contributed by atoms with Gasteiger partial charge in [-0.3, -0.25) is 4.79 Å². The van der Waals surface area contributed by atoms with Gasteiger partial charge in [-0.2, -0.15) is 0 Å². The number of hydrogen-bond acceptors (Lipinski definition) is 5. The molecule has 0 aliphatic heterocycles. The van der Waals surface area contributed by atoms with Crippen LogP contribution in [0.3, 0.4) is 0 Å².